The van der Waals surface area contributed by atoms with E-state index < -0.39 is 0 Å². The lowest BCUT2D eigenvalue weighted by molar-refractivity contribution is 0.106. The molecule has 0 bridgehead atoms. The minimum absolute atomic E-state index is 0.0214. The lowest BCUT2D eigenvalue weighted by Crippen LogP contribution is -2.13. The molecule has 0 atom stereocenters. The van der Waals surface area contributed by atoms with Crippen molar-refractivity contribution in [1.29, 1.82) is 0 Å². The number of nitrogens with zero attached hydrogens (tertiary/aromatic N) is 2. The first-order valence-electron chi connectivity index (χ1n) is 5.65. The second kappa shape index (κ2) is 4.92. The van der Waals surface area contributed by atoms with Crippen LogP contribution < -0.4 is 0 Å². The van der Waals surface area contributed by atoms with E-state index in [9.17, 15) is 4.79 Å². The van der Waals surface area contributed by atoms with Gasteiger partial charge in [0, 0.05) is 18.7 Å². The lowest BCUT2D eigenvalue weighted by Gasteiger charge is -2.08. The van der Waals surface area contributed by atoms with Gasteiger partial charge in [-0.2, -0.15) is 5.10 Å². The van der Waals surface area contributed by atoms with Gasteiger partial charge in [0.2, 0.25) is 5.78 Å². The van der Waals surface area contributed by atoms with Crippen LogP contribution in [0.15, 0.2) is 29.4 Å². The van der Waals surface area contributed by atoms with Gasteiger partial charge >= 0.3 is 0 Å². The van der Waals surface area contributed by atoms with Crippen LogP contribution >= 0.6 is 0 Å². The fourth-order valence-electron chi connectivity index (χ4n) is 1.74. The van der Waals surface area contributed by atoms with E-state index in [1.54, 1.807) is 0 Å². The van der Waals surface area contributed by atoms with E-state index in [1.165, 1.54) is 19.1 Å². The Morgan fingerprint density at radius 3 is 2.50 bits per heavy atom. The summed E-state index contributed by atoms with van der Waals surface area (Å²) in [6.07, 6.45) is 3.78. The van der Waals surface area contributed by atoms with Gasteiger partial charge in [-0.3, -0.25) is 9.80 Å². The van der Waals surface area contributed by atoms with E-state index in [1.807, 2.05) is 36.2 Å². The van der Waals surface area contributed by atoms with E-state index in [2.05, 4.69) is 5.10 Å². The van der Waals surface area contributed by atoms with Crippen molar-refractivity contribution in [1.82, 2.24) is 5.01 Å². The molecule has 1 heterocycles. The SMILES string of the molecule is Cc1ccc(C(=O)C=NN2CCCC2)cc1. The molecule has 0 aromatic heterocycles. The molecular weight excluding hydrogens is 200 g/mol. The molecule has 1 aromatic rings. The molecule has 1 aliphatic heterocycles. The number of ketones is 1. The highest BCUT2D eigenvalue weighted by Gasteiger charge is 2.08. The zero-order chi connectivity index (χ0) is 11.4. The standard InChI is InChI=1S/C13H16N2O/c1-11-4-6-12(7-5-11)13(16)10-14-15-8-2-3-9-15/h4-7,10H,2-3,8-9H2,1H3. The molecule has 0 saturated carbocycles. The van der Waals surface area contributed by atoms with Crippen molar-refractivity contribution in [3.05, 3.63) is 35.4 Å². The molecule has 0 spiro atoms. The summed E-state index contributed by atoms with van der Waals surface area (Å²) in [5.41, 5.74) is 1.86. The maximum atomic E-state index is 11.7. The number of aryl methyl sites for hydroxylation is 1. The summed E-state index contributed by atoms with van der Waals surface area (Å²) in [4.78, 5) is 11.7. The Hall–Kier alpha value is -1.64. The molecule has 3 nitrogen and oxygen atoms in total. The average molecular weight is 216 g/mol. The number of carbonyl (C=O) groups is 1. The van der Waals surface area contributed by atoms with Crippen LogP contribution in [0.25, 0.3) is 0 Å². The Morgan fingerprint density at radius 2 is 1.88 bits per heavy atom. The number of hydrogen-bond acceptors (Lipinski definition) is 3. The summed E-state index contributed by atoms with van der Waals surface area (Å²) >= 11 is 0. The first-order chi connectivity index (χ1) is 7.75. The normalized spacial score (nSPS) is 15.9. The van der Waals surface area contributed by atoms with Gasteiger partial charge in [0.1, 0.15) is 0 Å². The molecule has 0 amide bonds. The molecule has 0 unspecified atom stereocenters. The van der Waals surface area contributed by atoms with Crippen LogP contribution in [-0.2, 0) is 0 Å². The van der Waals surface area contributed by atoms with Gasteiger partial charge in [0.25, 0.3) is 0 Å². The monoisotopic (exact) mass is 216 g/mol. The molecular formula is C13H16N2O. The minimum Gasteiger partial charge on any atom is -0.297 e. The molecule has 1 aliphatic rings. The van der Waals surface area contributed by atoms with Gasteiger partial charge in [0.05, 0.1) is 6.21 Å². The third kappa shape index (κ3) is 2.69. The molecule has 3 heteroatoms. The predicted molar refractivity (Wildman–Crippen MR) is 64.8 cm³/mol. The Labute approximate surface area is 95.8 Å². The second-order valence-electron chi connectivity index (χ2n) is 4.14. The third-order valence-corrected chi connectivity index (χ3v) is 2.76. The van der Waals surface area contributed by atoms with Crippen molar-refractivity contribution in [3.63, 3.8) is 0 Å². The fraction of sp³-hybridized carbons (Fsp3) is 0.385. The number of benzene rings is 1. The van der Waals surface area contributed by atoms with Gasteiger partial charge in [-0.1, -0.05) is 29.8 Å². The van der Waals surface area contributed by atoms with E-state index in [0.717, 1.165) is 18.7 Å². The van der Waals surface area contributed by atoms with Crippen molar-refractivity contribution in [2.45, 2.75) is 19.8 Å². The summed E-state index contributed by atoms with van der Waals surface area (Å²) in [5, 5.41) is 6.13. The molecule has 16 heavy (non-hydrogen) atoms. The van der Waals surface area contributed by atoms with Crippen LogP contribution in [0.5, 0.6) is 0 Å². The van der Waals surface area contributed by atoms with E-state index in [0.29, 0.717) is 5.56 Å². The van der Waals surface area contributed by atoms with Crippen molar-refractivity contribution in [3.8, 4) is 0 Å². The zero-order valence-electron chi connectivity index (χ0n) is 9.52. The number of carbonyl (C=O) groups excluding carboxylic acids is 1. The quantitative estimate of drug-likeness (QED) is 0.573. The van der Waals surface area contributed by atoms with Gasteiger partial charge in [-0.05, 0) is 19.8 Å². The van der Waals surface area contributed by atoms with Gasteiger partial charge in [0.15, 0.2) is 0 Å². The van der Waals surface area contributed by atoms with E-state index >= 15 is 0 Å². The number of hydrogen-bond donors (Lipinski definition) is 0. The molecule has 84 valence electrons. The van der Waals surface area contributed by atoms with Crippen LogP contribution in [0.3, 0.4) is 0 Å². The van der Waals surface area contributed by atoms with Crippen LogP contribution in [0, 0.1) is 6.92 Å². The summed E-state index contributed by atoms with van der Waals surface area (Å²) in [5.74, 6) is -0.0214. The van der Waals surface area contributed by atoms with Crippen LogP contribution in [0.2, 0.25) is 0 Å². The Balaban J connectivity index is 1.99. The Bertz CT molecular complexity index is 389. The third-order valence-electron chi connectivity index (χ3n) is 2.76. The fourth-order valence-corrected chi connectivity index (χ4v) is 1.74. The van der Waals surface area contributed by atoms with Crippen molar-refractivity contribution in [2.24, 2.45) is 5.10 Å². The minimum atomic E-state index is -0.0214. The molecule has 0 aliphatic carbocycles. The highest BCUT2D eigenvalue weighted by molar-refractivity contribution is 6.35. The summed E-state index contributed by atoms with van der Waals surface area (Å²) < 4.78 is 0. The highest BCUT2D eigenvalue weighted by atomic mass is 16.1. The van der Waals surface area contributed by atoms with Gasteiger partial charge < -0.3 is 0 Å². The maximum Gasteiger partial charge on any atom is 0.205 e. The first kappa shape index (κ1) is 10.9. The Morgan fingerprint density at radius 1 is 1.25 bits per heavy atom. The number of rotatable bonds is 3. The molecule has 1 saturated heterocycles. The highest BCUT2D eigenvalue weighted by Crippen LogP contribution is 2.07. The van der Waals surface area contributed by atoms with Crippen LogP contribution in [-0.4, -0.2) is 30.1 Å². The average Bonchev–Trinajstić information content (AvgIpc) is 2.80. The van der Waals surface area contributed by atoms with Crippen LogP contribution in [0.4, 0.5) is 0 Å². The zero-order valence-corrected chi connectivity index (χ0v) is 9.52. The largest absolute Gasteiger partial charge is 0.297 e. The molecule has 0 radical (unpaired) electrons. The number of hydrazone groups is 1. The van der Waals surface area contributed by atoms with Crippen molar-refractivity contribution < 1.29 is 4.79 Å². The number of Topliss-reactive ketones (excluding diaryl/α,β-unsaturated/α-hetero) is 1. The Kier molecular flexibility index (Phi) is 3.34. The van der Waals surface area contributed by atoms with E-state index in [-0.39, 0.29) is 5.78 Å². The van der Waals surface area contributed by atoms with Crippen molar-refractivity contribution >= 4 is 12.0 Å². The molecule has 0 N–H and O–H groups in total. The predicted octanol–water partition coefficient (Wildman–Crippen LogP) is 2.26. The molecule has 1 fully saturated rings. The molecule has 1 aromatic carbocycles. The van der Waals surface area contributed by atoms with Gasteiger partial charge in [-0.25, -0.2) is 0 Å². The second-order valence-corrected chi connectivity index (χ2v) is 4.14. The summed E-state index contributed by atoms with van der Waals surface area (Å²) in [6.45, 7) is 3.95. The maximum absolute atomic E-state index is 11.7. The van der Waals surface area contributed by atoms with Crippen LogP contribution in [0.1, 0.15) is 28.8 Å². The first-order valence-corrected chi connectivity index (χ1v) is 5.65. The molecule has 2 rings (SSSR count). The lowest BCUT2D eigenvalue weighted by atomic mass is 10.1. The van der Waals surface area contributed by atoms with Crippen molar-refractivity contribution in [2.75, 3.05) is 13.1 Å². The topological polar surface area (TPSA) is 32.7 Å². The summed E-state index contributed by atoms with van der Waals surface area (Å²) in [7, 11) is 0. The van der Waals surface area contributed by atoms with Gasteiger partial charge in [-0.15, -0.1) is 0 Å². The summed E-state index contributed by atoms with van der Waals surface area (Å²) in [6, 6.07) is 7.56. The van der Waals surface area contributed by atoms with E-state index in [4.69, 9.17) is 0 Å². The smallest absolute Gasteiger partial charge is 0.205 e.